The Morgan fingerprint density at radius 2 is 2.10 bits per heavy atom. The standard InChI is InChI=1S/C15H25N3O3/c1-17-7-2-6-16-14(20)15(17)4-8-18(9-5-15)13(19)12-3-10-21-11-12/h12H,2-11H2,1H3,(H,16,20). The minimum atomic E-state index is -0.417. The summed E-state index contributed by atoms with van der Waals surface area (Å²) in [5, 5.41) is 3.03. The first-order valence-electron chi connectivity index (χ1n) is 7.99. The van der Waals surface area contributed by atoms with Gasteiger partial charge in [-0.2, -0.15) is 0 Å². The molecule has 118 valence electrons. The van der Waals surface area contributed by atoms with Crippen molar-refractivity contribution in [2.24, 2.45) is 5.92 Å². The van der Waals surface area contributed by atoms with Crippen molar-refractivity contribution >= 4 is 11.8 Å². The van der Waals surface area contributed by atoms with E-state index in [0.29, 0.717) is 26.3 Å². The lowest BCUT2D eigenvalue weighted by Crippen LogP contribution is -2.61. The predicted octanol–water partition coefficient (Wildman–Crippen LogP) is -0.164. The summed E-state index contributed by atoms with van der Waals surface area (Å²) in [6.45, 7) is 4.29. The molecule has 0 aromatic carbocycles. The number of likely N-dealkylation sites (N-methyl/N-ethyl adjacent to an activating group) is 1. The highest BCUT2D eigenvalue weighted by molar-refractivity contribution is 5.87. The second-order valence-electron chi connectivity index (χ2n) is 6.45. The van der Waals surface area contributed by atoms with Crippen LogP contribution in [0.15, 0.2) is 0 Å². The molecule has 2 amide bonds. The third-order valence-corrected chi connectivity index (χ3v) is 5.29. The third-order valence-electron chi connectivity index (χ3n) is 5.29. The number of likely N-dealkylation sites (tertiary alicyclic amines) is 1. The fraction of sp³-hybridized carbons (Fsp3) is 0.867. The zero-order chi connectivity index (χ0) is 14.9. The van der Waals surface area contributed by atoms with Crippen LogP contribution < -0.4 is 5.32 Å². The van der Waals surface area contributed by atoms with Crippen LogP contribution in [0.25, 0.3) is 0 Å². The lowest BCUT2D eigenvalue weighted by atomic mass is 9.84. The highest BCUT2D eigenvalue weighted by atomic mass is 16.5. The molecule has 3 fully saturated rings. The van der Waals surface area contributed by atoms with Gasteiger partial charge in [-0.1, -0.05) is 0 Å². The number of nitrogens with zero attached hydrogens (tertiary/aromatic N) is 2. The van der Waals surface area contributed by atoms with Crippen LogP contribution in [0.2, 0.25) is 0 Å². The number of carbonyl (C=O) groups excluding carboxylic acids is 2. The van der Waals surface area contributed by atoms with E-state index in [4.69, 9.17) is 4.74 Å². The number of hydrogen-bond acceptors (Lipinski definition) is 4. The van der Waals surface area contributed by atoms with E-state index in [-0.39, 0.29) is 17.7 Å². The Bertz CT molecular complexity index is 412. The van der Waals surface area contributed by atoms with Gasteiger partial charge in [-0.15, -0.1) is 0 Å². The molecule has 3 aliphatic rings. The van der Waals surface area contributed by atoms with Crippen molar-refractivity contribution in [1.29, 1.82) is 0 Å². The summed E-state index contributed by atoms with van der Waals surface area (Å²) in [4.78, 5) is 29.0. The molecule has 1 unspecified atom stereocenters. The molecule has 1 N–H and O–H groups in total. The Hall–Kier alpha value is -1.14. The molecule has 0 aromatic heterocycles. The maximum absolute atomic E-state index is 12.5. The molecule has 6 nitrogen and oxygen atoms in total. The molecule has 1 spiro atoms. The van der Waals surface area contributed by atoms with E-state index in [0.717, 1.165) is 38.8 Å². The number of rotatable bonds is 1. The lowest BCUT2D eigenvalue weighted by molar-refractivity contribution is -0.143. The Kier molecular flexibility index (Phi) is 4.17. The van der Waals surface area contributed by atoms with Gasteiger partial charge >= 0.3 is 0 Å². The Morgan fingerprint density at radius 1 is 1.33 bits per heavy atom. The average Bonchev–Trinajstić information content (AvgIpc) is 3.00. The van der Waals surface area contributed by atoms with Gasteiger partial charge in [0.25, 0.3) is 0 Å². The van der Waals surface area contributed by atoms with E-state index < -0.39 is 5.54 Å². The van der Waals surface area contributed by atoms with Crippen LogP contribution in [0, 0.1) is 5.92 Å². The molecule has 0 radical (unpaired) electrons. The van der Waals surface area contributed by atoms with Crippen molar-refractivity contribution in [3.63, 3.8) is 0 Å². The van der Waals surface area contributed by atoms with E-state index >= 15 is 0 Å². The normalized spacial score (nSPS) is 30.2. The van der Waals surface area contributed by atoms with Crippen LogP contribution in [0.3, 0.4) is 0 Å². The number of carbonyl (C=O) groups is 2. The third kappa shape index (κ3) is 2.66. The Morgan fingerprint density at radius 3 is 2.76 bits per heavy atom. The molecule has 6 heteroatoms. The second kappa shape index (κ2) is 5.93. The molecule has 1 atom stereocenters. The summed E-state index contributed by atoms with van der Waals surface area (Å²) in [6, 6.07) is 0. The number of ether oxygens (including phenoxy) is 1. The van der Waals surface area contributed by atoms with E-state index in [1.54, 1.807) is 0 Å². The first-order valence-corrected chi connectivity index (χ1v) is 7.99. The minimum absolute atomic E-state index is 0.0275. The average molecular weight is 295 g/mol. The molecule has 3 heterocycles. The van der Waals surface area contributed by atoms with Crippen molar-refractivity contribution in [3.05, 3.63) is 0 Å². The summed E-state index contributed by atoms with van der Waals surface area (Å²) < 4.78 is 5.31. The SMILES string of the molecule is CN1CCCNC(=O)C12CCN(C(=O)C1CCOC1)CC2. The number of nitrogens with one attached hydrogen (secondary N) is 1. The van der Waals surface area contributed by atoms with Crippen LogP contribution in [0.5, 0.6) is 0 Å². The Balaban J connectivity index is 1.65. The van der Waals surface area contributed by atoms with Gasteiger partial charge in [0.05, 0.1) is 12.5 Å². The summed E-state index contributed by atoms with van der Waals surface area (Å²) in [7, 11) is 2.03. The summed E-state index contributed by atoms with van der Waals surface area (Å²) in [6.07, 6.45) is 3.29. The molecule has 0 bridgehead atoms. The van der Waals surface area contributed by atoms with Crippen LogP contribution in [0.1, 0.15) is 25.7 Å². The molecule has 3 aliphatic heterocycles. The highest BCUT2D eigenvalue weighted by Gasteiger charge is 2.46. The van der Waals surface area contributed by atoms with Gasteiger partial charge in [0, 0.05) is 32.8 Å². The highest BCUT2D eigenvalue weighted by Crippen LogP contribution is 2.31. The van der Waals surface area contributed by atoms with Crippen molar-refractivity contribution in [2.75, 3.05) is 46.4 Å². The predicted molar refractivity (Wildman–Crippen MR) is 77.7 cm³/mol. The maximum atomic E-state index is 12.5. The van der Waals surface area contributed by atoms with Crippen molar-refractivity contribution < 1.29 is 14.3 Å². The largest absolute Gasteiger partial charge is 0.381 e. The number of hydrogen-bond donors (Lipinski definition) is 1. The summed E-state index contributed by atoms with van der Waals surface area (Å²) >= 11 is 0. The zero-order valence-electron chi connectivity index (χ0n) is 12.8. The summed E-state index contributed by atoms with van der Waals surface area (Å²) in [5.74, 6) is 0.373. The molecule has 0 saturated carbocycles. The van der Waals surface area contributed by atoms with E-state index in [9.17, 15) is 9.59 Å². The van der Waals surface area contributed by atoms with Gasteiger partial charge in [-0.05, 0) is 32.7 Å². The first kappa shape index (κ1) is 14.8. The van der Waals surface area contributed by atoms with E-state index in [1.165, 1.54) is 0 Å². The van der Waals surface area contributed by atoms with E-state index in [1.807, 2.05) is 11.9 Å². The quantitative estimate of drug-likeness (QED) is 0.730. The van der Waals surface area contributed by atoms with Crippen molar-refractivity contribution in [2.45, 2.75) is 31.2 Å². The lowest BCUT2D eigenvalue weighted by Gasteiger charge is -2.45. The molecule has 3 rings (SSSR count). The number of amides is 2. The van der Waals surface area contributed by atoms with Gasteiger partial charge in [-0.3, -0.25) is 14.5 Å². The molecular formula is C15H25N3O3. The van der Waals surface area contributed by atoms with Crippen LogP contribution >= 0.6 is 0 Å². The minimum Gasteiger partial charge on any atom is -0.381 e. The maximum Gasteiger partial charge on any atom is 0.240 e. The van der Waals surface area contributed by atoms with Crippen LogP contribution in [-0.2, 0) is 14.3 Å². The molecule has 3 saturated heterocycles. The van der Waals surface area contributed by atoms with Crippen LogP contribution in [-0.4, -0.2) is 73.6 Å². The van der Waals surface area contributed by atoms with Crippen molar-refractivity contribution in [1.82, 2.24) is 15.1 Å². The van der Waals surface area contributed by atoms with Gasteiger partial charge < -0.3 is 15.0 Å². The zero-order valence-corrected chi connectivity index (χ0v) is 12.8. The van der Waals surface area contributed by atoms with Gasteiger partial charge in [0.2, 0.25) is 11.8 Å². The fourth-order valence-corrected chi connectivity index (χ4v) is 3.76. The topological polar surface area (TPSA) is 61.9 Å². The van der Waals surface area contributed by atoms with Gasteiger partial charge in [-0.25, -0.2) is 0 Å². The monoisotopic (exact) mass is 295 g/mol. The molecule has 21 heavy (non-hydrogen) atoms. The van der Waals surface area contributed by atoms with Crippen LogP contribution in [0.4, 0.5) is 0 Å². The molecule has 0 aliphatic carbocycles. The summed E-state index contributed by atoms with van der Waals surface area (Å²) in [5.41, 5.74) is -0.417. The van der Waals surface area contributed by atoms with Gasteiger partial charge in [0.15, 0.2) is 0 Å². The van der Waals surface area contributed by atoms with Crippen molar-refractivity contribution in [3.8, 4) is 0 Å². The number of piperidine rings is 1. The molecule has 0 aromatic rings. The fourth-order valence-electron chi connectivity index (χ4n) is 3.76. The Labute approximate surface area is 125 Å². The second-order valence-corrected chi connectivity index (χ2v) is 6.45. The van der Waals surface area contributed by atoms with Gasteiger partial charge in [0.1, 0.15) is 5.54 Å². The first-order chi connectivity index (χ1) is 10.1. The molecular weight excluding hydrogens is 270 g/mol. The van der Waals surface area contributed by atoms with E-state index in [2.05, 4.69) is 10.2 Å². The smallest absolute Gasteiger partial charge is 0.240 e.